The van der Waals surface area contributed by atoms with Crippen LogP contribution in [-0.2, 0) is 0 Å². The summed E-state index contributed by atoms with van der Waals surface area (Å²) in [5.74, 6) is -0.208. The molecule has 1 atom stereocenters. The van der Waals surface area contributed by atoms with Gasteiger partial charge in [0.25, 0.3) is 0 Å². The third kappa shape index (κ3) is 1.25. The molecule has 1 aliphatic carbocycles. The van der Waals surface area contributed by atoms with E-state index in [2.05, 4.69) is 12.1 Å². The molecule has 0 saturated heterocycles. The van der Waals surface area contributed by atoms with Gasteiger partial charge in [-0.25, -0.2) is 0 Å². The van der Waals surface area contributed by atoms with Gasteiger partial charge in [-0.2, -0.15) is 10.5 Å². The lowest BCUT2D eigenvalue weighted by molar-refractivity contribution is 1.11. The molecule has 1 aliphatic rings. The lowest BCUT2D eigenvalue weighted by Crippen LogP contribution is -2.00. The van der Waals surface area contributed by atoms with Crippen molar-refractivity contribution >= 4 is 16.8 Å². The maximum atomic E-state index is 9.13. The van der Waals surface area contributed by atoms with Crippen molar-refractivity contribution in [2.45, 2.75) is 5.92 Å². The molecule has 17 heavy (non-hydrogen) atoms. The number of hydrogen-bond donors (Lipinski definition) is 0. The quantitative estimate of drug-likeness (QED) is 0.678. The first kappa shape index (κ1) is 9.63. The second kappa shape index (κ2) is 3.47. The number of rotatable bonds is 0. The first-order valence-electron chi connectivity index (χ1n) is 5.38. The second-order valence-corrected chi connectivity index (χ2v) is 4.05. The van der Waals surface area contributed by atoms with Crippen LogP contribution < -0.4 is 0 Å². The van der Waals surface area contributed by atoms with E-state index in [0.29, 0.717) is 5.56 Å². The summed E-state index contributed by atoms with van der Waals surface area (Å²) in [5.41, 5.74) is 2.60. The SMILES string of the molecule is N#Cc1ccc2cccc3c2c1C=CC3C#N. The Bertz CT molecular complexity index is 727. The molecule has 78 valence electrons. The standard InChI is InChI=1S/C15H8N2/c16-8-11-5-4-10-2-1-3-13-12(9-17)6-7-14(11)15(10)13/h1-7,12H. The third-order valence-electron chi connectivity index (χ3n) is 3.17. The molecule has 0 aliphatic heterocycles. The average molecular weight is 216 g/mol. The zero-order valence-corrected chi connectivity index (χ0v) is 9.01. The fourth-order valence-corrected chi connectivity index (χ4v) is 2.37. The molecule has 2 nitrogen and oxygen atoms in total. The van der Waals surface area contributed by atoms with Crippen LogP contribution in [-0.4, -0.2) is 0 Å². The smallest absolute Gasteiger partial charge is 0.0998 e. The van der Waals surface area contributed by atoms with Crippen molar-refractivity contribution in [2.24, 2.45) is 0 Å². The molecule has 2 aromatic rings. The molecule has 0 spiro atoms. The maximum Gasteiger partial charge on any atom is 0.0998 e. The van der Waals surface area contributed by atoms with Crippen molar-refractivity contribution in [3.63, 3.8) is 0 Å². The van der Waals surface area contributed by atoms with Gasteiger partial charge in [0.15, 0.2) is 0 Å². The fraction of sp³-hybridized carbons (Fsp3) is 0.0667. The Balaban J connectivity index is 2.50. The third-order valence-corrected chi connectivity index (χ3v) is 3.17. The summed E-state index contributed by atoms with van der Waals surface area (Å²) >= 11 is 0. The van der Waals surface area contributed by atoms with Crippen LogP contribution in [0, 0.1) is 22.7 Å². The molecule has 0 N–H and O–H groups in total. The lowest BCUT2D eigenvalue weighted by Gasteiger charge is -2.17. The van der Waals surface area contributed by atoms with Gasteiger partial charge in [-0.05, 0) is 22.4 Å². The number of nitriles is 2. The van der Waals surface area contributed by atoms with Gasteiger partial charge >= 0.3 is 0 Å². The van der Waals surface area contributed by atoms with E-state index in [0.717, 1.165) is 21.9 Å². The summed E-state index contributed by atoms with van der Waals surface area (Å²) in [4.78, 5) is 0. The molecule has 2 aromatic carbocycles. The Morgan fingerprint density at radius 3 is 2.71 bits per heavy atom. The van der Waals surface area contributed by atoms with Crippen LogP contribution in [0.25, 0.3) is 16.8 Å². The number of allylic oxidation sites excluding steroid dienone is 1. The summed E-state index contributed by atoms with van der Waals surface area (Å²) < 4.78 is 0. The normalized spacial score (nSPS) is 16.5. The van der Waals surface area contributed by atoms with E-state index in [-0.39, 0.29) is 5.92 Å². The van der Waals surface area contributed by atoms with Crippen LogP contribution in [0.4, 0.5) is 0 Å². The largest absolute Gasteiger partial charge is 0.197 e. The fourth-order valence-electron chi connectivity index (χ4n) is 2.37. The highest BCUT2D eigenvalue weighted by Crippen LogP contribution is 2.35. The molecule has 0 heterocycles. The van der Waals surface area contributed by atoms with Crippen molar-refractivity contribution in [1.29, 1.82) is 10.5 Å². The van der Waals surface area contributed by atoms with Crippen molar-refractivity contribution in [3.8, 4) is 12.1 Å². The van der Waals surface area contributed by atoms with Gasteiger partial charge in [0.05, 0.1) is 23.6 Å². The van der Waals surface area contributed by atoms with Gasteiger partial charge in [-0.15, -0.1) is 0 Å². The first-order valence-corrected chi connectivity index (χ1v) is 5.38. The van der Waals surface area contributed by atoms with E-state index in [4.69, 9.17) is 10.5 Å². The van der Waals surface area contributed by atoms with Crippen LogP contribution >= 0.6 is 0 Å². The van der Waals surface area contributed by atoms with E-state index in [1.807, 2.05) is 42.5 Å². The average Bonchev–Trinajstić information content (AvgIpc) is 2.40. The van der Waals surface area contributed by atoms with Crippen LogP contribution in [0.2, 0.25) is 0 Å². The van der Waals surface area contributed by atoms with Crippen molar-refractivity contribution in [1.82, 2.24) is 0 Å². The molecule has 1 unspecified atom stereocenters. The summed E-state index contributed by atoms with van der Waals surface area (Å²) in [7, 11) is 0. The van der Waals surface area contributed by atoms with Crippen molar-refractivity contribution in [2.75, 3.05) is 0 Å². The number of nitrogens with zero attached hydrogens (tertiary/aromatic N) is 2. The molecule has 0 amide bonds. The molecular weight excluding hydrogens is 208 g/mol. The Kier molecular flexibility index (Phi) is 1.97. The maximum absolute atomic E-state index is 9.13. The van der Waals surface area contributed by atoms with Gasteiger partial charge in [-0.3, -0.25) is 0 Å². The van der Waals surface area contributed by atoms with E-state index < -0.39 is 0 Å². The summed E-state index contributed by atoms with van der Waals surface area (Å²) in [6.07, 6.45) is 3.75. The topological polar surface area (TPSA) is 47.6 Å². The van der Waals surface area contributed by atoms with Crippen molar-refractivity contribution < 1.29 is 0 Å². The van der Waals surface area contributed by atoms with Gasteiger partial charge < -0.3 is 0 Å². The van der Waals surface area contributed by atoms with Gasteiger partial charge in [0, 0.05) is 5.56 Å². The van der Waals surface area contributed by atoms with Gasteiger partial charge in [0.2, 0.25) is 0 Å². The Morgan fingerprint density at radius 2 is 1.94 bits per heavy atom. The highest BCUT2D eigenvalue weighted by molar-refractivity contribution is 5.97. The molecule has 3 rings (SSSR count). The molecule has 2 heteroatoms. The molecular formula is C15H8N2. The highest BCUT2D eigenvalue weighted by Gasteiger charge is 2.18. The second-order valence-electron chi connectivity index (χ2n) is 4.05. The minimum Gasteiger partial charge on any atom is -0.197 e. The molecule has 0 bridgehead atoms. The van der Waals surface area contributed by atoms with Crippen LogP contribution in [0.1, 0.15) is 22.6 Å². The van der Waals surface area contributed by atoms with E-state index in [9.17, 15) is 0 Å². The summed E-state index contributed by atoms with van der Waals surface area (Å²) in [5, 5.41) is 20.4. The highest BCUT2D eigenvalue weighted by atomic mass is 14.3. The van der Waals surface area contributed by atoms with Gasteiger partial charge in [-0.1, -0.05) is 36.4 Å². The molecule has 0 aromatic heterocycles. The lowest BCUT2D eigenvalue weighted by atomic mass is 9.85. The predicted octanol–water partition coefficient (Wildman–Crippen LogP) is 3.35. The molecule has 0 saturated carbocycles. The van der Waals surface area contributed by atoms with E-state index in [1.165, 1.54) is 0 Å². The van der Waals surface area contributed by atoms with Gasteiger partial charge in [0.1, 0.15) is 0 Å². The van der Waals surface area contributed by atoms with Crippen LogP contribution in [0.5, 0.6) is 0 Å². The van der Waals surface area contributed by atoms with Crippen molar-refractivity contribution in [3.05, 3.63) is 53.1 Å². The van der Waals surface area contributed by atoms with E-state index >= 15 is 0 Å². The van der Waals surface area contributed by atoms with Crippen LogP contribution in [0.15, 0.2) is 36.4 Å². The van der Waals surface area contributed by atoms with E-state index in [1.54, 1.807) is 0 Å². The Morgan fingerprint density at radius 1 is 1.06 bits per heavy atom. The molecule has 0 fully saturated rings. The predicted molar refractivity (Wildman–Crippen MR) is 66.1 cm³/mol. The first-order chi connectivity index (χ1) is 8.35. The monoisotopic (exact) mass is 216 g/mol. The molecule has 0 radical (unpaired) electrons. The summed E-state index contributed by atoms with van der Waals surface area (Å²) in [6, 6.07) is 14.2. The number of hydrogen-bond acceptors (Lipinski definition) is 2. The zero-order valence-electron chi connectivity index (χ0n) is 9.01. The summed E-state index contributed by atoms with van der Waals surface area (Å²) in [6.45, 7) is 0. The minimum absolute atomic E-state index is 0.208. The minimum atomic E-state index is -0.208. The van der Waals surface area contributed by atoms with Crippen LogP contribution in [0.3, 0.4) is 0 Å². The number of benzene rings is 2. The zero-order chi connectivity index (χ0) is 11.8. The Labute approximate surface area is 99.0 Å². The Hall–Kier alpha value is -2.58.